The lowest BCUT2D eigenvalue weighted by Gasteiger charge is -2.31. The predicted molar refractivity (Wildman–Crippen MR) is 99.6 cm³/mol. The van der Waals surface area contributed by atoms with Crippen LogP contribution in [0.4, 0.5) is 11.8 Å². The number of hydrogen-bond acceptors (Lipinski definition) is 6. The number of thiophene rings is 1. The monoisotopic (exact) mass is 369 g/mol. The van der Waals surface area contributed by atoms with E-state index in [0.717, 1.165) is 36.4 Å². The molecule has 4 rings (SSSR count). The van der Waals surface area contributed by atoms with E-state index in [1.807, 2.05) is 23.3 Å². The Morgan fingerprint density at radius 1 is 1.31 bits per heavy atom. The van der Waals surface area contributed by atoms with Gasteiger partial charge in [-0.25, -0.2) is 0 Å². The number of nitrogens with one attached hydrogen (secondary N) is 2. The molecule has 2 unspecified atom stereocenters. The van der Waals surface area contributed by atoms with E-state index in [0.29, 0.717) is 11.5 Å². The van der Waals surface area contributed by atoms with Crippen molar-refractivity contribution in [1.29, 1.82) is 5.26 Å². The molecule has 2 N–H and O–H groups in total. The van der Waals surface area contributed by atoms with Gasteiger partial charge in [0, 0.05) is 18.0 Å². The molecule has 1 fully saturated rings. The minimum Gasteiger partial charge on any atom is -0.342 e. The number of H-pyrrole nitrogens is 1. The van der Waals surface area contributed by atoms with Gasteiger partial charge < -0.3 is 10.2 Å². The molecule has 1 amide bonds. The van der Waals surface area contributed by atoms with E-state index in [1.165, 1.54) is 17.8 Å². The Labute approximate surface area is 154 Å². The number of anilines is 2. The zero-order valence-corrected chi connectivity index (χ0v) is 15.2. The van der Waals surface area contributed by atoms with Crippen molar-refractivity contribution in [3.8, 4) is 6.07 Å². The third kappa shape index (κ3) is 2.69. The van der Waals surface area contributed by atoms with Crippen LogP contribution in [-0.4, -0.2) is 29.0 Å². The van der Waals surface area contributed by atoms with Crippen molar-refractivity contribution in [2.75, 3.05) is 23.3 Å². The highest BCUT2D eigenvalue weighted by molar-refractivity contribution is 7.10. The number of aryl methyl sites for hydroxylation is 1. The summed E-state index contributed by atoms with van der Waals surface area (Å²) < 4.78 is 0. The van der Waals surface area contributed by atoms with Gasteiger partial charge >= 0.3 is 0 Å². The Balaban J connectivity index is 1.86. The van der Waals surface area contributed by atoms with Gasteiger partial charge in [-0.3, -0.25) is 14.6 Å². The second-order valence-corrected chi connectivity index (χ2v) is 7.69. The van der Waals surface area contributed by atoms with Crippen LogP contribution in [0.15, 0.2) is 16.2 Å². The fourth-order valence-electron chi connectivity index (χ4n) is 3.74. The lowest BCUT2D eigenvalue weighted by Crippen LogP contribution is -2.40. The van der Waals surface area contributed by atoms with Gasteiger partial charge in [-0.1, -0.05) is 0 Å². The summed E-state index contributed by atoms with van der Waals surface area (Å²) in [5.74, 6) is -1.16. The molecule has 2 aromatic rings. The van der Waals surface area contributed by atoms with Gasteiger partial charge in [0.15, 0.2) is 0 Å². The standard InChI is InChI=1S/C18H19N5O2S/c1-10-5-8-26-14(10)12-11(9-19)16(24)20-15-13(12)17(25)22-18(21-15)23-6-3-2-4-7-23/h5,8,11-12H,2-4,6-7H2,1H3,(H2,20,21,22,24,25). The van der Waals surface area contributed by atoms with Crippen LogP contribution < -0.4 is 15.8 Å². The topological polar surface area (TPSA) is 102 Å². The predicted octanol–water partition coefficient (Wildman–Crippen LogP) is 2.35. The van der Waals surface area contributed by atoms with Crippen LogP contribution in [0.2, 0.25) is 0 Å². The molecule has 2 atom stereocenters. The number of nitriles is 1. The molecule has 8 heteroatoms. The Morgan fingerprint density at radius 3 is 2.73 bits per heavy atom. The van der Waals surface area contributed by atoms with E-state index in [1.54, 1.807) is 0 Å². The third-order valence-electron chi connectivity index (χ3n) is 5.09. The summed E-state index contributed by atoms with van der Waals surface area (Å²) in [6.45, 7) is 3.60. The Bertz CT molecular complexity index is 951. The van der Waals surface area contributed by atoms with Crippen LogP contribution in [0.25, 0.3) is 0 Å². The summed E-state index contributed by atoms with van der Waals surface area (Å²) in [5, 5.41) is 14.1. The second kappa shape index (κ2) is 6.57. The van der Waals surface area contributed by atoms with Crippen molar-refractivity contribution in [2.24, 2.45) is 5.92 Å². The fraction of sp³-hybridized carbons (Fsp3) is 0.444. The number of carbonyl (C=O) groups excluding carboxylic acids is 1. The summed E-state index contributed by atoms with van der Waals surface area (Å²) in [4.78, 5) is 35.8. The molecule has 1 saturated heterocycles. The molecule has 2 aliphatic heterocycles. The van der Waals surface area contributed by atoms with E-state index in [4.69, 9.17) is 0 Å². The molecular weight excluding hydrogens is 350 g/mol. The Morgan fingerprint density at radius 2 is 2.08 bits per heavy atom. The summed E-state index contributed by atoms with van der Waals surface area (Å²) in [5.41, 5.74) is 1.07. The average molecular weight is 369 g/mol. The van der Waals surface area contributed by atoms with Crippen molar-refractivity contribution in [2.45, 2.75) is 32.1 Å². The third-order valence-corrected chi connectivity index (χ3v) is 6.19. The molecule has 134 valence electrons. The van der Waals surface area contributed by atoms with Gasteiger partial charge in [0.2, 0.25) is 11.9 Å². The number of aromatic nitrogens is 2. The maximum atomic E-state index is 12.9. The van der Waals surface area contributed by atoms with E-state index in [-0.39, 0.29) is 11.4 Å². The average Bonchev–Trinajstić information content (AvgIpc) is 3.06. The van der Waals surface area contributed by atoms with Crippen molar-refractivity contribution in [3.05, 3.63) is 37.8 Å². The maximum Gasteiger partial charge on any atom is 0.258 e. The largest absolute Gasteiger partial charge is 0.342 e. The molecule has 0 radical (unpaired) electrons. The zero-order chi connectivity index (χ0) is 18.3. The first-order valence-corrected chi connectivity index (χ1v) is 9.61. The zero-order valence-electron chi connectivity index (χ0n) is 14.4. The Kier molecular flexibility index (Phi) is 4.24. The SMILES string of the molecule is Cc1ccsc1C1c2c(nc(N3CCCCC3)[nH]c2=O)NC(=O)C1C#N. The molecule has 2 aliphatic rings. The number of carbonyl (C=O) groups is 1. The highest BCUT2D eigenvalue weighted by Crippen LogP contribution is 2.41. The first kappa shape index (κ1) is 16.8. The molecule has 0 aromatic carbocycles. The molecule has 26 heavy (non-hydrogen) atoms. The van der Waals surface area contributed by atoms with Crippen molar-refractivity contribution in [3.63, 3.8) is 0 Å². The van der Waals surface area contributed by atoms with E-state index in [9.17, 15) is 14.9 Å². The highest BCUT2D eigenvalue weighted by atomic mass is 32.1. The number of fused-ring (bicyclic) bond motifs is 1. The number of aromatic amines is 1. The summed E-state index contributed by atoms with van der Waals surface area (Å²) in [6.07, 6.45) is 3.29. The number of hydrogen-bond donors (Lipinski definition) is 2. The lowest BCUT2D eigenvalue weighted by atomic mass is 9.82. The molecular formula is C18H19N5O2S. The molecule has 7 nitrogen and oxygen atoms in total. The maximum absolute atomic E-state index is 12.9. The first-order chi connectivity index (χ1) is 12.6. The van der Waals surface area contributed by atoms with Crippen molar-refractivity contribution in [1.82, 2.24) is 9.97 Å². The fourth-order valence-corrected chi connectivity index (χ4v) is 4.81. The van der Waals surface area contributed by atoms with Gasteiger partial charge in [-0.2, -0.15) is 10.2 Å². The summed E-state index contributed by atoms with van der Waals surface area (Å²) in [6, 6.07) is 4.00. The van der Waals surface area contributed by atoms with E-state index < -0.39 is 17.7 Å². The minimum absolute atomic E-state index is 0.281. The second-order valence-electron chi connectivity index (χ2n) is 6.74. The normalized spacial score (nSPS) is 22.5. The van der Waals surface area contributed by atoms with E-state index >= 15 is 0 Å². The molecule has 0 saturated carbocycles. The molecule has 0 spiro atoms. The smallest absolute Gasteiger partial charge is 0.258 e. The van der Waals surface area contributed by atoms with Crippen LogP contribution in [0.1, 0.15) is 41.2 Å². The van der Waals surface area contributed by atoms with Gasteiger partial charge in [0.1, 0.15) is 11.7 Å². The number of piperidine rings is 1. The van der Waals surface area contributed by atoms with E-state index in [2.05, 4.69) is 21.4 Å². The van der Waals surface area contributed by atoms with Crippen molar-refractivity contribution >= 4 is 29.0 Å². The number of rotatable bonds is 2. The lowest BCUT2D eigenvalue weighted by molar-refractivity contribution is -0.119. The first-order valence-electron chi connectivity index (χ1n) is 8.73. The minimum atomic E-state index is -0.941. The Hall–Kier alpha value is -2.66. The number of nitrogens with zero attached hydrogens (tertiary/aromatic N) is 3. The van der Waals surface area contributed by atoms with Gasteiger partial charge in [-0.05, 0) is 43.2 Å². The van der Waals surface area contributed by atoms with Crippen LogP contribution in [-0.2, 0) is 4.79 Å². The van der Waals surface area contributed by atoms with Crippen LogP contribution in [0.3, 0.4) is 0 Å². The summed E-state index contributed by atoms with van der Waals surface area (Å²) in [7, 11) is 0. The van der Waals surface area contributed by atoms with Crippen LogP contribution >= 0.6 is 11.3 Å². The summed E-state index contributed by atoms with van der Waals surface area (Å²) >= 11 is 1.46. The molecule has 0 bridgehead atoms. The van der Waals surface area contributed by atoms with Gasteiger partial charge in [-0.15, -0.1) is 11.3 Å². The number of amides is 1. The molecule has 2 aromatic heterocycles. The quantitative estimate of drug-likeness (QED) is 0.846. The van der Waals surface area contributed by atoms with Gasteiger partial charge in [0.05, 0.1) is 17.6 Å². The molecule has 0 aliphatic carbocycles. The van der Waals surface area contributed by atoms with Crippen LogP contribution in [0, 0.1) is 24.2 Å². The molecule has 4 heterocycles. The van der Waals surface area contributed by atoms with Crippen LogP contribution in [0.5, 0.6) is 0 Å². The van der Waals surface area contributed by atoms with Crippen molar-refractivity contribution < 1.29 is 4.79 Å². The van der Waals surface area contributed by atoms with Gasteiger partial charge in [0.25, 0.3) is 5.56 Å². The highest BCUT2D eigenvalue weighted by Gasteiger charge is 2.41.